The standard InChI is InChI=1S/C15H25N5O/c1-2-3-15(4-5-16-11-15)14-17-13(18-21-14)12-10-19-6-8-20(12)9-7-19/h12,16H,2-11H2,1H3. The van der Waals surface area contributed by atoms with E-state index in [9.17, 15) is 0 Å². The SMILES string of the molecule is CCCC1(c2nc(C3CN4CCN3CC4)no2)CCNC1. The molecule has 4 aliphatic rings. The van der Waals surface area contributed by atoms with E-state index in [1.807, 2.05) is 0 Å². The Morgan fingerprint density at radius 2 is 2.19 bits per heavy atom. The fourth-order valence-corrected chi connectivity index (χ4v) is 4.17. The third-order valence-corrected chi connectivity index (χ3v) is 5.44. The van der Waals surface area contributed by atoms with Gasteiger partial charge in [-0.15, -0.1) is 0 Å². The molecule has 21 heavy (non-hydrogen) atoms. The lowest BCUT2D eigenvalue weighted by molar-refractivity contribution is 0.00781. The molecule has 1 aromatic rings. The van der Waals surface area contributed by atoms with E-state index in [0.717, 1.165) is 63.7 Å². The lowest BCUT2D eigenvalue weighted by atomic mass is 9.82. The van der Waals surface area contributed by atoms with Gasteiger partial charge in [-0.25, -0.2) is 0 Å². The number of hydrogen-bond donors (Lipinski definition) is 1. The smallest absolute Gasteiger partial charge is 0.234 e. The van der Waals surface area contributed by atoms with Crippen LogP contribution >= 0.6 is 0 Å². The van der Waals surface area contributed by atoms with E-state index in [0.29, 0.717) is 6.04 Å². The number of piperazine rings is 3. The van der Waals surface area contributed by atoms with Gasteiger partial charge < -0.3 is 9.84 Å². The molecule has 1 N–H and O–H groups in total. The summed E-state index contributed by atoms with van der Waals surface area (Å²) in [5, 5.41) is 7.81. The third-order valence-electron chi connectivity index (χ3n) is 5.44. The first-order valence-corrected chi connectivity index (χ1v) is 8.32. The second-order valence-corrected chi connectivity index (χ2v) is 6.77. The van der Waals surface area contributed by atoms with Crippen molar-refractivity contribution in [3.63, 3.8) is 0 Å². The summed E-state index contributed by atoms with van der Waals surface area (Å²) in [5.41, 5.74) is 0.0727. The first kappa shape index (κ1) is 13.7. The molecule has 2 bridgehead atoms. The van der Waals surface area contributed by atoms with Gasteiger partial charge in [-0.05, 0) is 19.4 Å². The maximum Gasteiger partial charge on any atom is 0.234 e. The number of rotatable bonds is 4. The van der Waals surface area contributed by atoms with Crippen molar-refractivity contribution in [2.75, 3.05) is 45.8 Å². The molecule has 116 valence electrons. The highest BCUT2D eigenvalue weighted by atomic mass is 16.5. The van der Waals surface area contributed by atoms with Crippen molar-refractivity contribution in [1.29, 1.82) is 0 Å². The van der Waals surface area contributed by atoms with Crippen molar-refractivity contribution in [3.05, 3.63) is 11.7 Å². The largest absolute Gasteiger partial charge is 0.339 e. The number of fused-ring (bicyclic) bond motifs is 3. The summed E-state index contributed by atoms with van der Waals surface area (Å²) in [5.74, 6) is 1.76. The molecule has 4 saturated heterocycles. The van der Waals surface area contributed by atoms with E-state index in [-0.39, 0.29) is 5.41 Å². The van der Waals surface area contributed by atoms with E-state index in [4.69, 9.17) is 9.51 Å². The average molecular weight is 291 g/mol. The third kappa shape index (κ3) is 2.29. The normalized spacial score (nSPS) is 39.0. The summed E-state index contributed by atoms with van der Waals surface area (Å²) in [6.07, 6.45) is 3.40. The van der Waals surface area contributed by atoms with Crippen LogP contribution in [0, 0.1) is 0 Å². The van der Waals surface area contributed by atoms with Crippen LogP contribution in [0.5, 0.6) is 0 Å². The topological polar surface area (TPSA) is 57.4 Å². The van der Waals surface area contributed by atoms with Crippen LogP contribution in [0.15, 0.2) is 4.52 Å². The average Bonchev–Trinajstić information content (AvgIpc) is 3.18. The van der Waals surface area contributed by atoms with E-state index in [1.54, 1.807) is 0 Å². The predicted molar refractivity (Wildman–Crippen MR) is 79.1 cm³/mol. The number of nitrogens with zero attached hydrogens (tertiary/aromatic N) is 4. The van der Waals surface area contributed by atoms with Gasteiger partial charge in [0.1, 0.15) is 0 Å². The molecule has 0 amide bonds. The van der Waals surface area contributed by atoms with Crippen molar-refractivity contribution in [2.45, 2.75) is 37.6 Å². The summed E-state index contributed by atoms with van der Waals surface area (Å²) >= 11 is 0. The second-order valence-electron chi connectivity index (χ2n) is 6.77. The Labute approximate surface area is 125 Å². The number of hydrogen-bond acceptors (Lipinski definition) is 6. The monoisotopic (exact) mass is 291 g/mol. The van der Waals surface area contributed by atoms with Crippen molar-refractivity contribution in [3.8, 4) is 0 Å². The Bertz CT molecular complexity index is 488. The zero-order chi connectivity index (χ0) is 14.3. The van der Waals surface area contributed by atoms with Gasteiger partial charge in [0.2, 0.25) is 5.89 Å². The van der Waals surface area contributed by atoms with Gasteiger partial charge in [0.25, 0.3) is 0 Å². The predicted octanol–water partition coefficient (Wildman–Crippen LogP) is 0.773. The zero-order valence-corrected chi connectivity index (χ0v) is 12.8. The summed E-state index contributed by atoms with van der Waals surface area (Å²) in [7, 11) is 0. The van der Waals surface area contributed by atoms with Crippen molar-refractivity contribution >= 4 is 0 Å². The molecule has 0 aliphatic carbocycles. The van der Waals surface area contributed by atoms with E-state index in [2.05, 4.69) is 27.2 Å². The first-order chi connectivity index (χ1) is 10.3. The van der Waals surface area contributed by atoms with Gasteiger partial charge in [0.15, 0.2) is 5.82 Å². The molecule has 0 radical (unpaired) electrons. The maximum atomic E-state index is 5.72. The summed E-state index contributed by atoms with van der Waals surface area (Å²) in [6, 6.07) is 0.332. The molecule has 0 aromatic carbocycles. The van der Waals surface area contributed by atoms with Gasteiger partial charge in [-0.1, -0.05) is 18.5 Å². The molecule has 1 aromatic heterocycles. The van der Waals surface area contributed by atoms with Crippen molar-refractivity contribution in [2.24, 2.45) is 0 Å². The van der Waals surface area contributed by atoms with Crippen LogP contribution in [0.3, 0.4) is 0 Å². The molecule has 4 fully saturated rings. The van der Waals surface area contributed by atoms with Crippen LogP contribution < -0.4 is 5.32 Å². The Kier molecular flexibility index (Phi) is 3.47. The molecule has 2 unspecified atom stereocenters. The number of aromatic nitrogens is 2. The highest BCUT2D eigenvalue weighted by molar-refractivity contribution is 5.12. The fraction of sp³-hybridized carbons (Fsp3) is 0.867. The molecule has 6 nitrogen and oxygen atoms in total. The molecule has 5 heterocycles. The summed E-state index contributed by atoms with van der Waals surface area (Å²) in [4.78, 5) is 9.86. The minimum atomic E-state index is 0.0727. The van der Waals surface area contributed by atoms with E-state index >= 15 is 0 Å². The lowest BCUT2D eigenvalue weighted by Gasteiger charge is -2.46. The Morgan fingerprint density at radius 1 is 1.33 bits per heavy atom. The molecule has 0 spiro atoms. The quantitative estimate of drug-likeness (QED) is 0.884. The molecular formula is C15H25N5O. The van der Waals surface area contributed by atoms with Crippen LogP contribution in [0.2, 0.25) is 0 Å². The Morgan fingerprint density at radius 3 is 2.81 bits per heavy atom. The first-order valence-electron chi connectivity index (χ1n) is 8.32. The van der Waals surface area contributed by atoms with E-state index < -0.39 is 0 Å². The van der Waals surface area contributed by atoms with Crippen LogP contribution in [0.1, 0.15) is 43.9 Å². The Balaban J connectivity index is 1.58. The van der Waals surface area contributed by atoms with Gasteiger partial charge in [-0.2, -0.15) is 4.98 Å². The fourth-order valence-electron chi connectivity index (χ4n) is 4.17. The van der Waals surface area contributed by atoms with Crippen LogP contribution in [-0.2, 0) is 5.41 Å². The summed E-state index contributed by atoms with van der Waals surface area (Å²) < 4.78 is 5.72. The van der Waals surface area contributed by atoms with Crippen molar-refractivity contribution < 1.29 is 4.52 Å². The summed E-state index contributed by atoms with van der Waals surface area (Å²) in [6.45, 7) is 9.96. The van der Waals surface area contributed by atoms with Gasteiger partial charge in [0, 0.05) is 39.3 Å². The van der Waals surface area contributed by atoms with Gasteiger partial charge >= 0.3 is 0 Å². The lowest BCUT2D eigenvalue weighted by Crippen LogP contribution is -2.57. The van der Waals surface area contributed by atoms with Crippen molar-refractivity contribution in [1.82, 2.24) is 25.3 Å². The molecular weight excluding hydrogens is 266 g/mol. The molecule has 4 aliphatic heterocycles. The molecule has 0 saturated carbocycles. The minimum Gasteiger partial charge on any atom is -0.339 e. The maximum absolute atomic E-state index is 5.72. The van der Waals surface area contributed by atoms with Crippen LogP contribution in [-0.4, -0.2) is 65.8 Å². The van der Waals surface area contributed by atoms with Crippen LogP contribution in [0.25, 0.3) is 0 Å². The molecule has 6 heteroatoms. The highest BCUT2D eigenvalue weighted by Crippen LogP contribution is 2.36. The highest BCUT2D eigenvalue weighted by Gasteiger charge is 2.42. The van der Waals surface area contributed by atoms with Crippen LogP contribution in [0.4, 0.5) is 0 Å². The second kappa shape index (κ2) is 5.34. The minimum absolute atomic E-state index is 0.0727. The zero-order valence-electron chi connectivity index (χ0n) is 12.8. The Hall–Kier alpha value is -0.980. The van der Waals surface area contributed by atoms with Gasteiger partial charge in [-0.3, -0.25) is 9.80 Å². The van der Waals surface area contributed by atoms with E-state index in [1.165, 1.54) is 13.1 Å². The number of nitrogens with one attached hydrogen (secondary N) is 1. The molecule has 2 atom stereocenters. The van der Waals surface area contributed by atoms with Gasteiger partial charge in [0.05, 0.1) is 11.5 Å². The molecule has 5 rings (SSSR count).